The number of carbonyl (C=O) groups excluding carboxylic acids is 2. The summed E-state index contributed by atoms with van der Waals surface area (Å²) >= 11 is 5.78. The molecule has 0 bridgehead atoms. The number of hydrogen-bond donors (Lipinski definition) is 0. The molecule has 0 aliphatic heterocycles. The molecule has 2 heterocycles. The van der Waals surface area contributed by atoms with E-state index in [1.165, 1.54) is 6.20 Å². The zero-order chi connectivity index (χ0) is 14.8. The van der Waals surface area contributed by atoms with E-state index in [-0.39, 0.29) is 18.0 Å². The number of Topliss-reactive ketones (excluding diaryl/α,β-unsaturated/α-hetero) is 2. The first-order valence-electron chi connectivity index (χ1n) is 6.39. The summed E-state index contributed by atoms with van der Waals surface area (Å²) in [5.74, 6) is -0.469. The molecule has 0 fully saturated rings. The molecule has 0 atom stereocenters. The van der Waals surface area contributed by atoms with Crippen LogP contribution in [0.25, 0.3) is 5.52 Å². The molecular formula is C16H11ClN2O2. The van der Waals surface area contributed by atoms with Gasteiger partial charge >= 0.3 is 0 Å². The van der Waals surface area contributed by atoms with Crippen LogP contribution >= 0.6 is 11.6 Å². The number of rotatable bonds is 4. The van der Waals surface area contributed by atoms with Crippen LogP contribution in [-0.4, -0.2) is 21.2 Å². The van der Waals surface area contributed by atoms with Crippen LogP contribution in [-0.2, 0) is 0 Å². The van der Waals surface area contributed by atoms with Crippen LogP contribution in [0.2, 0.25) is 5.02 Å². The Balaban J connectivity index is 1.83. The van der Waals surface area contributed by atoms with Gasteiger partial charge in [0, 0.05) is 16.8 Å². The molecule has 0 N–H and O–H groups in total. The number of hydrogen-bond acceptors (Lipinski definition) is 3. The normalized spacial score (nSPS) is 10.7. The molecule has 0 aliphatic rings. The Labute approximate surface area is 126 Å². The standard InChI is InChI=1S/C16H11ClN2O2/c17-12-6-4-11(5-7-12)15(20)9-16(21)13-10-18-19-8-2-1-3-14(13)19/h1-8,10H,9H2. The molecule has 4 nitrogen and oxygen atoms in total. The van der Waals surface area contributed by atoms with Crippen molar-refractivity contribution in [2.24, 2.45) is 0 Å². The van der Waals surface area contributed by atoms with Gasteiger partial charge in [0.2, 0.25) is 0 Å². The smallest absolute Gasteiger partial charge is 0.174 e. The number of aromatic nitrogens is 2. The highest BCUT2D eigenvalue weighted by molar-refractivity contribution is 6.30. The second kappa shape index (κ2) is 5.50. The summed E-state index contributed by atoms with van der Waals surface area (Å²) in [6, 6.07) is 12.0. The summed E-state index contributed by atoms with van der Waals surface area (Å²) in [5, 5.41) is 4.65. The van der Waals surface area contributed by atoms with Gasteiger partial charge in [-0.1, -0.05) is 17.7 Å². The predicted octanol–water partition coefficient (Wildman–Crippen LogP) is 3.44. The summed E-state index contributed by atoms with van der Waals surface area (Å²) in [7, 11) is 0. The van der Waals surface area contributed by atoms with Crippen molar-refractivity contribution >= 4 is 28.7 Å². The van der Waals surface area contributed by atoms with Gasteiger partial charge in [-0.3, -0.25) is 9.59 Å². The van der Waals surface area contributed by atoms with E-state index in [4.69, 9.17) is 11.6 Å². The van der Waals surface area contributed by atoms with E-state index in [1.54, 1.807) is 41.0 Å². The number of fused-ring (bicyclic) bond motifs is 1. The Morgan fingerprint density at radius 3 is 2.57 bits per heavy atom. The Morgan fingerprint density at radius 2 is 1.81 bits per heavy atom. The van der Waals surface area contributed by atoms with Gasteiger partial charge in [-0.15, -0.1) is 0 Å². The molecule has 0 aliphatic carbocycles. The third kappa shape index (κ3) is 2.71. The largest absolute Gasteiger partial charge is 0.294 e. The summed E-state index contributed by atoms with van der Waals surface area (Å²) in [6.07, 6.45) is 3.07. The van der Waals surface area contributed by atoms with Gasteiger partial charge in [0.15, 0.2) is 11.6 Å². The van der Waals surface area contributed by atoms with Crippen LogP contribution in [0.1, 0.15) is 27.1 Å². The molecule has 0 amide bonds. The van der Waals surface area contributed by atoms with Crippen molar-refractivity contribution in [3.8, 4) is 0 Å². The van der Waals surface area contributed by atoms with Gasteiger partial charge in [0.25, 0.3) is 0 Å². The minimum atomic E-state index is -0.240. The zero-order valence-electron chi connectivity index (χ0n) is 11.0. The third-order valence-corrected chi connectivity index (χ3v) is 3.47. The highest BCUT2D eigenvalue weighted by atomic mass is 35.5. The van der Waals surface area contributed by atoms with Gasteiger partial charge in [-0.25, -0.2) is 4.52 Å². The van der Waals surface area contributed by atoms with Gasteiger partial charge < -0.3 is 0 Å². The van der Waals surface area contributed by atoms with Crippen LogP contribution in [0, 0.1) is 0 Å². The van der Waals surface area contributed by atoms with Crippen LogP contribution in [0.5, 0.6) is 0 Å². The molecule has 3 aromatic rings. The van der Waals surface area contributed by atoms with E-state index in [9.17, 15) is 9.59 Å². The maximum absolute atomic E-state index is 12.3. The van der Waals surface area contributed by atoms with E-state index >= 15 is 0 Å². The van der Waals surface area contributed by atoms with E-state index < -0.39 is 0 Å². The van der Waals surface area contributed by atoms with Crippen molar-refractivity contribution in [1.29, 1.82) is 0 Å². The summed E-state index contributed by atoms with van der Waals surface area (Å²) < 4.78 is 1.61. The zero-order valence-corrected chi connectivity index (χ0v) is 11.7. The molecular weight excluding hydrogens is 288 g/mol. The molecule has 0 saturated carbocycles. The second-order valence-corrected chi connectivity index (χ2v) is 5.06. The minimum absolute atomic E-state index is 0.183. The third-order valence-electron chi connectivity index (χ3n) is 3.21. The first-order chi connectivity index (χ1) is 10.1. The SMILES string of the molecule is O=C(CC(=O)c1cnn2ccccc12)c1ccc(Cl)cc1. The minimum Gasteiger partial charge on any atom is -0.294 e. The highest BCUT2D eigenvalue weighted by Gasteiger charge is 2.17. The van der Waals surface area contributed by atoms with E-state index in [2.05, 4.69) is 5.10 Å². The van der Waals surface area contributed by atoms with Crippen molar-refractivity contribution < 1.29 is 9.59 Å². The fourth-order valence-corrected chi connectivity index (χ4v) is 2.25. The molecule has 0 unspecified atom stereocenters. The first kappa shape index (κ1) is 13.5. The van der Waals surface area contributed by atoms with Gasteiger partial charge in [0.05, 0.1) is 23.7 Å². The van der Waals surface area contributed by atoms with Crippen LogP contribution in [0.4, 0.5) is 0 Å². The Morgan fingerprint density at radius 1 is 1.05 bits per heavy atom. The van der Waals surface area contributed by atoms with Crippen molar-refractivity contribution in [2.75, 3.05) is 0 Å². The molecule has 0 radical (unpaired) electrons. The van der Waals surface area contributed by atoms with E-state index in [0.717, 1.165) is 0 Å². The molecule has 0 saturated heterocycles. The molecule has 0 spiro atoms. The van der Waals surface area contributed by atoms with Crippen molar-refractivity contribution in [2.45, 2.75) is 6.42 Å². The number of pyridine rings is 1. The number of halogens is 1. The van der Waals surface area contributed by atoms with E-state index in [0.29, 0.717) is 21.7 Å². The first-order valence-corrected chi connectivity index (χ1v) is 6.77. The molecule has 104 valence electrons. The van der Waals surface area contributed by atoms with Gasteiger partial charge in [-0.2, -0.15) is 5.10 Å². The number of benzene rings is 1. The lowest BCUT2D eigenvalue weighted by atomic mass is 10.0. The lowest BCUT2D eigenvalue weighted by molar-refractivity contribution is 0.0895. The summed E-state index contributed by atoms with van der Waals surface area (Å²) in [4.78, 5) is 24.4. The van der Waals surface area contributed by atoms with Crippen LogP contribution in [0.3, 0.4) is 0 Å². The Bertz CT molecular complexity index is 822. The molecule has 5 heteroatoms. The number of ketones is 2. The van der Waals surface area contributed by atoms with E-state index in [1.807, 2.05) is 12.1 Å². The van der Waals surface area contributed by atoms with Crippen molar-refractivity contribution in [3.63, 3.8) is 0 Å². The second-order valence-electron chi connectivity index (χ2n) is 4.62. The van der Waals surface area contributed by atoms with Crippen LogP contribution < -0.4 is 0 Å². The molecule has 1 aromatic carbocycles. The van der Waals surface area contributed by atoms with Crippen LogP contribution in [0.15, 0.2) is 54.9 Å². The number of carbonyl (C=O) groups is 2. The monoisotopic (exact) mass is 298 g/mol. The summed E-state index contributed by atoms with van der Waals surface area (Å²) in [6.45, 7) is 0. The average Bonchev–Trinajstić information content (AvgIpc) is 2.92. The van der Waals surface area contributed by atoms with Crippen molar-refractivity contribution in [1.82, 2.24) is 9.61 Å². The molecule has 21 heavy (non-hydrogen) atoms. The maximum atomic E-state index is 12.3. The quantitative estimate of drug-likeness (QED) is 0.547. The highest BCUT2D eigenvalue weighted by Crippen LogP contribution is 2.15. The topological polar surface area (TPSA) is 51.4 Å². The van der Waals surface area contributed by atoms with Crippen molar-refractivity contribution in [3.05, 3.63) is 71.0 Å². The molecule has 2 aromatic heterocycles. The fourth-order valence-electron chi connectivity index (χ4n) is 2.13. The lowest BCUT2D eigenvalue weighted by Crippen LogP contribution is -2.08. The maximum Gasteiger partial charge on any atom is 0.174 e. The molecule has 3 rings (SSSR count). The predicted molar refractivity (Wildman–Crippen MR) is 79.9 cm³/mol. The fraction of sp³-hybridized carbons (Fsp3) is 0.0625. The Hall–Kier alpha value is -2.46. The van der Waals surface area contributed by atoms with Gasteiger partial charge in [0.1, 0.15) is 0 Å². The number of nitrogens with zero attached hydrogens (tertiary/aromatic N) is 2. The average molecular weight is 299 g/mol. The Kier molecular flexibility index (Phi) is 3.54. The summed E-state index contributed by atoms with van der Waals surface area (Å²) in [5.41, 5.74) is 1.63. The lowest BCUT2D eigenvalue weighted by Gasteiger charge is -2.01. The van der Waals surface area contributed by atoms with Gasteiger partial charge in [-0.05, 0) is 36.4 Å².